The Balaban J connectivity index is 2.03. The predicted octanol–water partition coefficient (Wildman–Crippen LogP) is 5.78. The van der Waals surface area contributed by atoms with Gasteiger partial charge in [0, 0.05) is 35.2 Å². The predicted molar refractivity (Wildman–Crippen MR) is 163 cm³/mol. The second kappa shape index (κ2) is 10.6. The SMILES string of the molecule is C=C(Cc1cc(C(C)C)c2c(c1O)C(O)=C1C(=O)[C@@]3(O)C(O)=C(C(C)=O)C(=O)C(C(C)C)[C@@]3(C)C[C@@]1(C)C2)C(=O)CCC. The van der Waals surface area contributed by atoms with Crippen molar-refractivity contribution >= 4 is 28.9 Å². The van der Waals surface area contributed by atoms with Crippen LogP contribution in [0.4, 0.5) is 0 Å². The summed E-state index contributed by atoms with van der Waals surface area (Å²) in [5.41, 5.74) is -3.82. The average molecular weight is 593 g/mol. The molecule has 0 saturated heterocycles. The van der Waals surface area contributed by atoms with Crippen LogP contribution >= 0.6 is 0 Å². The van der Waals surface area contributed by atoms with Gasteiger partial charge in [-0.3, -0.25) is 19.2 Å². The van der Waals surface area contributed by atoms with Crippen molar-refractivity contribution in [3.8, 4) is 5.75 Å². The van der Waals surface area contributed by atoms with Gasteiger partial charge in [0.2, 0.25) is 5.78 Å². The first-order valence-electron chi connectivity index (χ1n) is 15.1. The smallest absolute Gasteiger partial charge is 0.203 e. The molecular weight excluding hydrogens is 548 g/mol. The lowest BCUT2D eigenvalue weighted by Crippen LogP contribution is -2.69. The molecule has 4 N–H and O–H groups in total. The number of carbonyl (C=O) groups is 4. The van der Waals surface area contributed by atoms with Crippen LogP contribution in [0.3, 0.4) is 0 Å². The van der Waals surface area contributed by atoms with Crippen LogP contribution in [0.1, 0.15) is 103 Å². The van der Waals surface area contributed by atoms with Crippen LogP contribution in [0.5, 0.6) is 5.75 Å². The molecule has 0 amide bonds. The van der Waals surface area contributed by atoms with Gasteiger partial charge in [0.25, 0.3) is 0 Å². The first-order chi connectivity index (χ1) is 19.8. The summed E-state index contributed by atoms with van der Waals surface area (Å²) in [7, 11) is 0. The average Bonchev–Trinajstić information content (AvgIpc) is 2.87. The molecule has 0 spiro atoms. The van der Waals surface area contributed by atoms with Crippen molar-refractivity contribution in [2.75, 3.05) is 0 Å². The molecule has 0 radical (unpaired) electrons. The number of rotatable bonds is 8. The van der Waals surface area contributed by atoms with Crippen LogP contribution < -0.4 is 0 Å². The zero-order chi connectivity index (χ0) is 32.6. The molecule has 4 atom stereocenters. The van der Waals surface area contributed by atoms with Crippen molar-refractivity contribution in [3.63, 3.8) is 0 Å². The monoisotopic (exact) mass is 592 g/mol. The molecule has 0 bridgehead atoms. The molecule has 3 aliphatic rings. The highest BCUT2D eigenvalue weighted by Crippen LogP contribution is 2.65. The van der Waals surface area contributed by atoms with Crippen molar-refractivity contribution in [1.29, 1.82) is 0 Å². The third-order valence-corrected chi connectivity index (χ3v) is 10.0. The molecule has 8 nitrogen and oxygen atoms in total. The van der Waals surface area contributed by atoms with Gasteiger partial charge < -0.3 is 20.4 Å². The molecule has 0 heterocycles. The highest BCUT2D eigenvalue weighted by Gasteiger charge is 2.72. The Labute approximate surface area is 253 Å². The van der Waals surface area contributed by atoms with Crippen LogP contribution in [0.25, 0.3) is 5.76 Å². The number of allylic oxidation sites excluding steroid dienone is 2. The quantitative estimate of drug-likeness (QED) is 0.219. The number of Topliss-reactive ketones (excluding diaryl/α,β-unsaturated/α-hetero) is 4. The summed E-state index contributed by atoms with van der Waals surface area (Å²) >= 11 is 0. The fourth-order valence-corrected chi connectivity index (χ4v) is 8.25. The molecule has 1 unspecified atom stereocenters. The number of hydrogen-bond acceptors (Lipinski definition) is 8. The summed E-state index contributed by atoms with van der Waals surface area (Å²) < 4.78 is 0. The number of aliphatic hydroxyl groups is 3. The van der Waals surface area contributed by atoms with Crippen molar-refractivity contribution in [3.05, 3.63) is 57.4 Å². The maximum atomic E-state index is 14.5. The third kappa shape index (κ3) is 4.43. The lowest BCUT2D eigenvalue weighted by molar-refractivity contribution is -0.178. The van der Waals surface area contributed by atoms with Crippen LogP contribution in [-0.4, -0.2) is 49.2 Å². The molecule has 1 aromatic carbocycles. The summed E-state index contributed by atoms with van der Waals surface area (Å²) in [4.78, 5) is 53.3. The Hall–Kier alpha value is -3.52. The van der Waals surface area contributed by atoms with Crippen LogP contribution in [0.15, 0.2) is 35.1 Å². The summed E-state index contributed by atoms with van der Waals surface area (Å²) in [6.45, 7) is 17.8. The van der Waals surface area contributed by atoms with Crippen LogP contribution in [-0.2, 0) is 32.0 Å². The Morgan fingerprint density at radius 3 is 2.21 bits per heavy atom. The van der Waals surface area contributed by atoms with E-state index in [4.69, 9.17) is 0 Å². The zero-order valence-corrected chi connectivity index (χ0v) is 26.5. The minimum Gasteiger partial charge on any atom is -0.508 e. The highest BCUT2D eigenvalue weighted by atomic mass is 16.3. The first kappa shape index (κ1) is 32.4. The van der Waals surface area contributed by atoms with Crippen molar-refractivity contribution in [2.45, 2.75) is 99.0 Å². The van der Waals surface area contributed by atoms with E-state index < -0.39 is 56.8 Å². The van der Waals surface area contributed by atoms with Gasteiger partial charge in [-0.25, -0.2) is 0 Å². The van der Waals surface area contributed by atoms with Gasteiger partial charge in [-0.1, -0.05) is 61.1 Å². The fraction of sp³-hybridized carbons (Fsp3) is 0.543. The van der Waals surface area contributed by atoms with Crippen molar-refractivity contribution in [2.24, 2.45) is 22.7 Å². The van der Waals surface area contributed by atoms with E-state index in [9.17, 15) is 39.6 Å². The maximum absolute atomic E-state index is 14.5. The number of aliphatic hydroxyl groups excluding tert-OH is 2. The molecule has 0 aromatic heterocycles. The van der Waals surface area contributed by atoms with E-state index in [-0.39, 0.29) is 53.8 Å². The van der Waals surface area contributed by atoms with E-state index in [1.807, 2.05) is 26.8 Å². The fourth-order valence-electron chi connectivity index (χ4n) is 8.25. The lowest BCUT2D eigenvalue weighted by Gasteiger charge is -2.60. The molecule has 3 aliphatic carbocycles. The van der Waals surface area contributed by atoms with Crippen LogP contribution in [0, 0.1) is 22.7 Å². The Kier molecular flexibility index (Phi) is 7.97. The van der Waals surface area contributed by atoms with E-state index in [0.717, 1.165) is 12.5 Å². The number of phenolic OH excluding ortho intramolecular Hbond substituents is 1. The standard InChI is InChI=1S/C35H44O8/c1-10-11-23(37)18(6)12-20-13-21(16(2)3)22-14-33(8)15-34(9)26(17(4)5)29(39)24(19(7)36)31(41)35(34,43)32(42)27(33)30(40)25(22)28(20)38/h13,16-17,26,38,40-41,43H,6,10-12,14-15H2,1-5,7-9H3/t26?,33-,34-,35+/m1/s1. The summed E-state index contributed by atoms with van der Waals surface area (Å²) in [6.07, 6.45) is 1.26. The summed E-state index contributed by atoms with van der Waals surface area (Å²) in [6, 6.07) is 1.82. The minimum absolute atomic E-state index is 0.0350. The van der Waals surface area contributed by atoms with Gasteiger partial charge in [-0.2, -0.15) is 0 Å². The molecule has 1 saturated carbocycles. The van der Waals surface area contributed by atoms with Gasteiger partial charge in [-0.05, 0) is 60.3 Å². The lowest BCUT2D eigenvalue weighted by atomic mass is 9.43. The van der Waals surface area contributed by atoms with Crippen LogP contribution in [0.2, 0.25) is 0 Å². The molecule has 8 heteroatoms. The number of carbonyl (C=O) groups excluding carboxylic acids is 4. The number of aromatic hydroxyl groups is 1. The van der Waals surface area contributed by atoms with E-state index in [1.54, 1.807) is 27.7 Å². The second-order valence-electron chi connectivity index (χ2n) is 13.9. The number of ketones is 4. The largest absolute Gasteiger partial charge is 0.508 e. The maximum Gasteiger partial charge on any atom is 0.203 e. The van der Waals surface area contributed by atoms with E-state index in [1.165, 1.54) is 0 Å². The molecule has 4 rings (SSSR count). The van der Waals surface area contributed by atoms with E-state index >= 15 is 0 Å². The number of benzene rings is 1. The molecule has 1 fully saturated rings. The van der Waals surface area contributed by atoms with Gasteiger partial charge >= 0.3 is 0 Å². The second-order valence-corrected chi connectivity index (χ2v) is 13.9. The third-order valence-electron chi connectivity index (χ3n) is 10.0. The van der Waals surface area contributed by atoms with E-state index in [0.29, 0.717) is 29.5 Å². The number of fused-ring (bicyclic) bond motifs is 3. The molecular formula is C35H44O8. The number of phenols is 1. The van der Waals surface area contributed by atoms with Gasteiger partial charge in [0.05, 0.1) is 5.56 Å². The topological polar surface area (TPSA) is 149 Å². The van der Waals surface area contributed by atoms with Gasteiger partial charge in [0.15, 0.2) is 23.0 Å². The summed E-state index contributed by atoms with van der Waals surface area (Å²) in [5.74, 6) is -5.71. The van der Waals surface area contributed by atoms with Crippen molar-refractivity contribution < 1.29 is 39.6 Å². The molecule has 0 aliphatic heterocycles. The number of hydrogen-bond donors (Lipinski definition) is 4. The minimum atomic E-state index is -2.66. The first-order valence-corrected chi connectivity index (χ1v) is 15.1. The van der Waals surface area contributed by atoms with Crippen molar-refractivity contribution in [1.82, 2.24) is 0 Å². The van der Waals surface area contributed by atoms with E-state index in [2.05, 4.69) is 6.58 Å². The normalized spacial score (nSPS) is 28.7. The summed E-state index contributed by atoms with van der Waals surface area (Å²) in [5, 5.41) is 47.0. The van der Waals surface area contributed by atoms with Gasteiger partial charge in [-0.15, -0.1) is 0 Å². The Morgan fingerprint density at radius 2 is 1.70 bits per heavy atom. The molecule has 232 valence electrons. The van der Waals surface area contributed by atoms with Gasteiger partial charge in [0.1, 0.15) is 22.8 Å². The molecule has 43 heavy (non-hydrogen) atoms. The highest BCUT2D eigenvalue weighted by molar-refractivity contribution is 6.24. The molecule has 1 aromatic rings. The zero-order valence-electron chi connectivity index (χ0n) is 26.5. The Bertz CT molecular complexity index is 1540. The Morgan fingerprint density at radius 1 is 1.09 bits per heavy atom.